The molecule has 0 saturated carbocycles. The molecule has 0 aliphatic carbocycles. The van der Waals surface area contributed by atoms with Crippen LogP contribution in [0.15, 0.2) is 16.5 Å². The molecule has 0 aliphatic rings. The summed E-state index contributed by atoms with van der Waals surface area (Å²) >= 11 is 0. The van der Waals surface area contributed by atoms with Gasteiger partial charge in [0.1, 0.15) is 5.76 Å². The molecule has 1 heterocycles. The molecule has 96 valence electrons. The van der Waals surface area contributed by atoms with E-state index >= 15 is 0 Å². The van der Waals surface area contributed by atoms with Gasteiger partial charge in [0.25, 0.3) is 0 Å². The minimum absolute atomic E-state index is 0.275. The summed E-state index contributed by atoms with van der Waals surface area (Å²) in [6.45, 7) is 5.33. The number of methoxy groups -OCH3 is 1. The fourth-order valence-corrected chi connectivity index (χ4v) is 1.57. The van der Waals surface area contributed by atoms with Crippen molar-refractivity contribution in [1.82, 2.24) is 5.32 Å². The minimum atomic E-state index is -0.423. The molecule has 0 amide bonds. The highest BCUT2D eigenvalue weighted by atomic mass is 16.5. The van der Waals surface area contributed by atoms with Gasteiger partial charge in [0.2, 0.25) is 5.76 Å². The van der Waals surface area contributed by atoms with Crippen molar-refractivity contribution in [2.45, 2.75) is 39.2 Å². The molecule has 0 fully saturated rings. The lowest BCUT2D eigenvalue weighted by molar-refractivity contribution is 0.0563. The first-order valence-corrected chi connectivity index (χ1v) is 6.07. The summed E-state index contributed by atoms with van der Waals surface area (Å²) in [7, 11) is 1.35. The first-order chi connectivity index (χ1) is 8.17. The Balaban J connectivity index is 2.36. The van der Waals surface area contributed by atoms with E-state index in [-0.39, 0.29) is 5.76 Å². The molecule has 0 aliphatic heterocycles. The molecule has 1 unspecified atom stereocenters. The van der Waals surface area contributed by atoms with Gasteiger partial charge >= 0.3 is 5.97 Å². The van der Waals surface area contributed by atoms with Crippen molar-refractivity contribution in [2.75, 3.05) is 13.7 Å². The second-order valence-electron chi connectivity index (χ2n) is 4.15. The van der Waals surface area contributed by atoms with Crippen molar-refractivity contribution in [1.29, 1.82) is 0 Å². The summed E-state index contributed by atoms with van der Waals surface area (Å²) in [6.07, 6.45) is 2.96. The Morgan fingerprint density at radius 1 is 1.53 bits per heavy atom. The highest BCUT2D eigenvalue weighted by Gasteiger charge is 2.11. The van der Waals surface area contributed by atoms with Gasteiger partial charge in [-0.05, 0) is 38.4 Å². The fraction of sp³-hybridized carbons (Fsp3) is 0.615. The molecule has 1 N–H and O–H groups in total. The number of hydrogen-bond donors (Lipinski definition) is 1. The zero-order valence-electron chi connectivity index (χ0n) is 10.8. The summed E-state index contributed by atoms with van der Waals surface area (Å²) in [5.74, 6) is 0.681. The fourth-order valence-electron chi connectivity index (χ4n) is 1.57. The van der Waals surface area contributed by atoms with Crippen LogP contribution in [-0.2, 0) is 11.2 Å². The van der Waals surface area contributed by atoms with Crippen LogP contribution in [0.4, 0.5) is 0 Å². The summed E-state index contributed by atoms with van der Waals surface area (Å²) in [6, 6.07) is 3.95. The summed E-state index contributed by atoms with van der Waals surface area (Å²) < 4.78 is 9.97. The predicted octanol–water partition coefficient (Wildman–Crippen LogP) is 2.39. The molecular weight excluding hydrogens is 218 g/mol. The van der Waals surface area contributed by atoms with Crippen LogP contribution >= 0.6 is 0 Å². The lowest BCUT2D eigenvalue weighted by atomic mass is 10.1. The molecule has 0 saturated heterocycles. The number of aryl methyl sites for hydroxylation is 1. The monoisotopic (exact) mass is 239 g/mol. The minimum Gasteiger partial charge on any atom is -0.463 e. The smallest absolute Gasteiger partial charge is 0.373 e. The molecule has 4 heteroatoms. The number of carbonyl (C=O) groups excluding carboxylic acids is 1. The third-order valence-corrected chi connectivity index (χ3v) is 2.61. The first kappa shape index (κ1) is 13.8. The van der Waals surface area contributed by atoms with Gasteiger partial charge in [-0.2, -0.15) is 0 Å². The molecule has 1 rings (SSSR count). The van der Waals surface area contributed by atoms with E-state index in [1.807, 2.05) is 6.07 Å². The third-order valence-electron chi connectivity index (χ3n) is 2.61. The molecule has 1 aromatic rings. The lowest BCUT2D eigenvalue weighted by Gasteiger charge is -2.11. The van der Waals surface area contributed by atoms with Crippen LogP contribution in [-0.4, -0.2) is 25.7 Å². The van der Waals surface area contributed by atoms with Crippen molar-refractivity contribution in [3.8, 4) is 0 Å². The van der Waals surface area contributed by atoms with E-state index in [2.05, 4.69) is 23.9 Å². The standard InChI is InChI=1S/C13H21NO3/c1-4-9-14-10(2)5-6-11-7-8-12(17-11)13(15)16-3/h7-8,10,14H,4-6,9H2,1-3H3. The number of nitrogens with one attached hydrogen (secondary N) is 1. The van der Waals surface area contributed by atoms with Crippen molar-refractivity contribution >= 4 is 5.97 Å². The Labute approximate surface area is 102 Å². The molecule has 1 atom stereocenters. The zero-order valence-corrected chi connectivity index (χ0v) is 10.8. The number of esters is 1. The second-order valence-corrected chi connectivity index (χ2v) is 4.15. The maximum Gasteiger partial charge on any atom is 0.373 e. The van der Waals surface area contributed by atoms with E-state index in [0.717, 1.165) is 31.6 Å². The van der Waals surface area contributed by atoms with Crippen molar-refractivity contribution < 1.29 is 13.9 Å². The van der Waals surface area contributed by atoms with Crippen LogP contribution < -0.4 is 5.32 Å². The van der Waals surface area contributed by atoms with Crippen molar-refractivity contribution in [3.63, 3.8) is 0 Å². The van der Waals surface area contributed by atoms with Crippen molar-refractivity contribution in [2.24, 2.45) is 0 Å². The molecule has 0 aromatic carbocycles. The van der Waals surface area contributed by atoms with Gasteiger partial charge in [0, 0.05) is 12.5 Å². The van der Waals surface area contributed by atoms with Crippen LogP contribution in [0.3, 0.4) is 0 Å². The second kappa shape index (κ2) is 7.12. The van der Waals surface area contributed by atoms with E-state index in [1.54, 1.807) is 6.07 Å². The van der Waals surface area contributed by atoms with E-state index in [0.29, 0.717) is 6.04 Å². The highest BCUT2D eigenvalue weighted by molar-refractivity contribution is 5.86. The molecule has 0 radical (unpaired) electrons. The van der Waals surface area contributed by atoms with Crippen LogP contribution in [0, 0.1) is 0 Å². The van der Waals surface area contributed by atoms with Crippen LogP contribution in [0.1, 0.15) is 43.0 Å². The van der Waals surface area contributed by atoms with Gasteiger partial charge in [0.05, 0.1) is 7.11 Å². The van der Waals surface area contributed by atoms with Crippen molar-refractivity contribution in [3.05, 3.63) is 23.7 Å². The molecule has 17 heavy (non-hydrogen) atoms. The summed E-state index contributed by atoms with van der Waals surface area (Å²) in [5.41, 5.74) is 0. The van der Waals surface area contributed by atoms with Gasteiger partial charge < -0.3 is 14.5 Å². The maximum absolute atomic E-state index is 11.2. The van der Waals surface area contributed by atoms with Crippen LogP contribution in [0.25, 0.3) is 0 Å². The van der Waals surface area contributed by atoms with Crippen LogP contribution in [0.2, 0.25) is 0 Å². The quantitative estimate of drug-likeness (QED) is 0.742. The van der Waals surface area contributed by atoms with Crippen LogP contribution in [0.5, 0.6) is 0 Å². The van der Waals surface area contributed by atoms with Gasteiger partial charge in [-0.3, -0.25) is 0 Å². The zero-order chi connectivity index (χ0) is 12.7. The molecule has 0 bridgehead atoms. The van der Waals surface area contributed by atoms with E-state index in [9.17, 15) is 4.79 Å². The number of rotatable bonds is 7. The Kier molecular flexibility index (Phi) is 5.77. The Morgan fingerprint density at radius 3 is 2.94 bits per heavy atom. The topological polar surface area (TPSA) is 51.5 Å². The molecule has 0 spiro atoms. The Hall–Kier alpha value is -1.29. The normalized spacial score (nSPS) is 12.4. The van der Waals surface area contributed by atoms with E-state index in [4.69, 9.17) is 4.42 Å². The summed E-state index contributed by atoms with van der Waals surface area (Å²) in [4.78, 5) is 11.2. The van der Waals surface area contributed by atoms with E-state index in [1.165, 1.54) is 7.11 Å². The van der Waals surface area contributed by atoms with Gasteiger partial charge in [-0.1, -0.05) is 6.92 Å². The van der Waals surface area contributed by atoms with Gasteiger partial charge in [-0.25, -0.2) is 4.79 Å². The highest BCUT2D eigenvalue weighted by Crippen LogP contribution is 2.11. The number of furan rings is 1. The average Bonchev–Trinajstić information content (AvgIpc) is 2.81. The largest absolute Gasteiger partial charge is 0.463 e. The molecule has 4 nitrogen and oxygen atoms in total. The molecular formula is C13H21NO3. The SMILES string of the molecule is CCCNC(C)CCc1ccc(C(=O)OC)o1. The lowest BCUT2D eigenvalue weighted by Crippen LogP contribution is -2.26. The van der Waals surface area contributed by atoms with E-state index < -0.39 is 5.97 Å². The number of hydrogen-bond acceptors (Lipinski definition) is 4. The number of carbonyl (C=O) groups is 1. The molecule has 1 aromatic heterocycles. The summed E-state index contributed by atoms with van der Waals surface area (Å²) in [5, 5.41) is 3.41. The maximum atomic E-state index is 11.2. The predicted molar refractivity (Wildman–Crippen MR) is 66.1 cm³/mol. The average molecular weight is 239 g/mol. The third kappa shape index (κ3) is 4.61. The Bertz CT molecular complexity index is 346. The Morgan fingerprint density at radius 2 is 2.29 bits per heavy atom. The van der Waals surface area contributed by atoms with Gasteiger partial charge in [0.15, 0.2) is 0 Å². The number of ether oxygens (including phenoxy) is 1. The van der Waals surface area contributed by atoms with Gasteiger partial charge in [-0.15, -0.1) is 0 Å². The first-order valence-electron chi connectivity index (χ1n) is 6.07.